The summed E-state index contributed by atoms with van der Waals surface area (Å²) in [5, 5.41) is 8.10. The third-order valence-corrected chi connectivity index (χ3v) is 3.76. The monoisotopic (exact) mass is 273 g/mol. The summed E-state index contributed by atoms with van der Waals surface area (Å²) in [6.07, 6.45) is 5.02. The van der Waals surface area contributed by atoms with Crippen LogP contribution in [0.4, 0.5) is 0 Å². The molecule has 0 radical (unpaired) electrons. The van der Waals surface area contributed by atoms with Crippen LogP contribution in [-0.2, 0) is 9.31 Å². The van der Waals surface area contributed by atoms with Crippen molar-refractivity contribution in [1.82, 2.24) is 25.0 Å². The van der Waals surface area contributed by atoms with E-state index in [1.165, 1.54) is 4.68 Å². The Morgan fingerprint density at radius 2 is 1.65 bits per heavy atom. The second-order valence-corrected chi connectivity index (χ2v) is 5.73. The maximum Gasteiger partial charge on any atom is 0.518 e. The van der Waals surface area contributed by atoms with Crippen LogP contribution in [0.15, 0.2) is 24.7 Å². The van der Waals surface area contributed by atoms with Crippen LogP contribution in [0.2, 0.25) is 0 Å². The fourth-order valence-corrected chi connectivity index (χ4v) is 1.86. The quantitative estimate of drug-likeness (QED) is 0.735. The van der Waals surface area contributed by atoms with Crippen molar-refractivity contribution in [1.29, 1.82) is 0 Å². The third kappa shape index (κ3) is 2.10. The minimum absolute atomic E-state index is 0.398. The molecule has 1 aliphatic rings. The topological polar surface area (TPSA) is 75.0 Å². The zero-order valence-corrected chi connectivity index (χ0v) is 11.9. The van der Waals surface area contributed by atoms with E-state index in [-0.39, 0.29) is 0 Å². The lowest BCUT2D eigenvalue weighted by Gasteiger charge is -2.32. The first-order valence-electron chi connectivity index (χ1n) is 6.44. The summed E-state index contributed by atoms with van der Waals surface area (Å²) in [5.41, 5.74) is -0.189. The van der Waals surface area contributed by atoms with Crippen molar-refractivity contribution in [3.8, 4) is 5.95 Å². The van der Waals surface area contributed by atoms with E-state index >= 15 is 0 Å². The van der Waals surface area contributed by atoms with Gasteiger partial charge in [0.1, 0.15) is 5.59 Å². The van der Waals surface area contributed by atoms with Gasteiger partial charge in [0.15, 0.2) is 0 Å². The van der Waals surface area contributed by atoms with E-state index in [1.807, 2.05) is 27.7 Å². The Labute approximate surface area is 117 Å². The molecule has 20 heavy (non-hydrogen) atoms. The Hall–Kier alpha value is -1.80. The van der Waals surface area contributed by atoms with Crippen LogP contribution in [0.1, 0.15) is 27.7 Å². The van der Waals surface area contributed by atoms with Gasteiger partial charge in [-0.3, -0.25) is 0 Å². The Kier molecular flexibility index (Phi) is 2.88. The fourth-order valence-electron chi connectivity index (χ4n) is 1.86. The SMILES string of the molecule is CC1(C)OB(c2cn(-c3ncccn3)nn2)OC1(C)C. The molecule has 8 heteroatoms. The molecule has 0 atom stereocenters. The molecular formula is C12H16BN5O2. The summed E-state index contributed by atoms with van der Waals surface area (Å²) in [7, 11) is -0.530. The molecular weight excluding hydrogens is 257 g/mol. The molecule has 0 unspecified atom stereocenters. The minimum Gasteiger partial charge on any atom is -0.398 e. The van der Waals surface area contributed by atoms with Crippen molar-refractivity contribution in [2.75, 3.05) is 0 Å². The van der Waals surface area contributed by atoms with Gasteiger partial charge in [0.2, 0.25) is 0 Å². The Morgan fingerprint density at radius 1 is 1.05 bits per heavy atom. The second-order valence-electron chi connectivity index (χ2n) is 5.73. The van der Waals surface area contributed by atoms with Crippen LogP contribution in [0.3, 0.4) is 0 Å². The zero-order valence-electron chi connectivity index (χ0n) is 11.9. The van der Waals surface area contributed by atoms with E-state index in [1.54, 1.807) is 24.7 Å². The van der Waals surface area contributed by atoms with Gasteiger partial charge in [0.05, 0.1) is 17.4 Å². The molecule has 1 aliphatic heterocycles. The van der Waals surface area contributed by atoms with Crippen LogP contribution < -0.4 is 5.59 Å². The molecule has 0 N–H and O–H groups in total. The highest BCUT2D eigenvalue weighted by Gasteiger charge is 2.52. The van der Waals surface area contributed by atoms with E-state index in [4.69, 9.17) is 9.31 Å². The Bertz CT molecular complexity index is 597. The van der Waals surface area contributed by atoms with E-state index in [0.717, 1.165) is 0 Å². The summed E-state index contributed by atoms with van der Waals surface area (Å²) >= 11 is 0. The molecule has 3 heterocycles. The maximum atomic E-state index is 5.92. The van der Waals surface area contributed by atoms with E-state index in [0.29, 0.717) is 11.5 Å². The summed E-state index contributed by atoms with van der Waals surface area (Å²) in [4.78, 5) is 8.23. The molecule has 0 amide bonds. The van der Waals surface area contributed by atoms with Gasteiger partial charge in [0.25, 0.3) is 5.95 Å². The van der Waals surface area contributed by atoms with Crippen LogP contribution in [0.5, 0.6) is 0 Å². The molecule has 1 saturated heterocycles. The minimum atomic E-state index is -0.530. The fraction of sp³-hybridized carbons (Fsp3) is 0.500. The van der Waals surface area contributed by atoms with E-state index < -0.39 is 18.3 Å². The van der Waals surface area contributed by atoms with Crippen molar-refractivity contribution in [3.63, 3.8) is 0 Å². The highest BCUT2D eigenvalue weighted by molar-refractivity contribution is 6.61. The van der Waals surface area contributed by atoms with E-state index in [9.17, 15) is 0 Å². The lowest BCUT2D eigenvalue weighted by atomic mass is 9.86. The molecule has 2 aromatic heterocycles. The van der Waals surface area contributed by atoms with Gasteiger partial charge in [-0.15, -0.1) is 5.10 Å². The number of aromatic nitrogens is 5. The van der Waals surface area contributed by atoms with Gasteiger partial charge in [-0.1, -0.05) is 5.21 Å². The summed E-state index contributed by atoms with van der Waals surface area (Å²) < 4.78 is 13.3. The molecule has 0 aromatic carbocycles. The molecule has 104 valence electrons. The zero-order chi connectivity index (χ0) is 14.4. The second kappa shape index (κ2) is 4.36. The molecule has 1 fully saturated rings. The standard InChI is InChI=1S/C12H16BN5O2/c1-11(2)12(3,4)20-13(19-11)9-8-18(17-16-9)10-14-6-5-7-15-10/h5-8H,1-4H3. The highest BCUT2D eigenvalue weighted by Crippen LogP contribution is 2.36. The van der Waals surface area contributed by atoms with Crippen molar-refractivity contribution in [3.05, 3.63) is 24.7 Å². The van der Waals surface area contributed by atoms with Crippen LogP contribution >= 0.6 is 0 Å². The molecule has 7 nitrogen and oxygen atoms in total. The smallest absolute Gasteiger partial charge is 0.398 e. The average Bonchev–Trinajstić information content (AvgIpc) is 2.94. The number of hydrogen-bond acceptors (Lipinski definition) is 6. The number of hydrogen-bond donors (Lipinski definition) is 0. The number of nitrogens with zero attached hydrogens (tertiary/aromatic N) is 5. The first-order chi connectivity index (χ1) is 9.39. The van der Waals surface area contributed by atoms with Crippen molar-refractivity contribution >= 4 is 12.7 Å². The van der Waals surface area contributed by atoms with Gasteiger partial charge < -0.3 is 9.31 Å². The third-order valence-electron chi connectivity index (χ3n) is 3.76. The normalized spacial score (nSPS) is 20.3. The molecule has 2 aromatic rings. The Morgan fingerprint density at radius 3 is 2.25 bits per heavy atom. The van der Waals surface area contributed by atoms with Crippen molar-refractivity contribution < 1.29 is 9.31 Å². The lowest BCUT2D eigenvalue weighted by molar-refractivity contribution is 0.00578. The van der Waals surface area contributed by atoms with Crippen LogP contribution in [0, 0.1) is 0 Å². The lowest BCUT2D eigenvalue weighted by Crippen LogP contribution is -2.41. The molecule has 0 aliphatic carbocycles. The predicted octanol–water partition coefficient (Wildman–Crippen LogP) is 0.356. The van der Waals surface area contributed by atoms with Crippen molar-refractivity contribution in [2.45, 2.75) is 38.9 Å². The van der Waals surface area contributed by atoms with Crippen LogP contribution in [0.25, 0.3) is 5.95 Å². The van der Waals surface area contributed by atoms with Gasteiger partial charge in [0, 0.05) is 12.4 Å². The van der Waals surface area contributed by atoms with Crippen molar-refractivity contribution in [2.24, 2.45) is 0 Å². The summed E-state index contributed by atoms with van der Waals surface area (Å²) in [6, 6.07) is 1.75. The molecule has 0 spiro atoms. The first kappa shape index (κ1) is 13.2. The van der Waals surface area contributed by atoms with Crippen LogP contribution in [-0.4, -0.2) is 43.3 Å². The maximum absolute atomic E-state index is 5.92. The molecule has 0 saturated carbocycles. The largest absolute Gasteiger partial charge is 0.518 e. The van der Waals surface area contributed by atoms with Gasteiger partial charge in [-0.2, -0.15) is 4.68 Å². The van der Waals surface area contributed by atoms with Gasteiger partial charge in [-0.05, 0) is 33.8 Å². The summed E-state index contributed by atoms with van der Waals surface area (Å²) in [5.74, 6) is 0.461. The molecule has 3 rings (SSSR count). The Balaban J connectivity index is 1.86. The van der Waals surface area contributed by atoms with Gasteiger partial charge >= 0.3 is 7.12 Å². The first-order valence-corrected chi connectivity index (χ1v) is 6.44. The molecule has 0 bridgehead atoms. The highest BCUT2D eigenvalue weighted by atomic mass is 16.7. The van der Waals surface area contributed by atoms with E-state index in [2.05, 4.69) is 20.3 Å². The summed E-state index contributed by atoms with van der Waals surface area (Å²) in [6.45, 7) is 7.99. The van der Waals surface area contributed by atoms with Gasteiger partial charge in [-0.25, -0.2) is 9.97 Å². The number of rotatable bonds is 2. The average molecular weight is 273 g/mol. The predicted molar refractivity (Wildman–Crippen MR) is 72.7 cm³/mol.